The van der Waals surface area contributed by atoms with Gasteiger partial charge in [-0.1, -0.05) is 37.6 Å². The zero-order valence-corrected chi connectivity index (χ0v) is 11.6. The van der Waals surface area contributed by atoms with Crippen molar-refractivity contribution in [3.63, 3.8) is 0 Å². The first-order chi connectivity index (χ1) is 8.09. The summed E-state index contributed by atoms with van der Waals surface area (Å²) in [4.78, 5) is 0. The van der Waals surface area contributed by atoms with E-state index in [2.05, 4.69) is 26.1 Å². The molecule has 1 N–H and O–H groups in total. The van der Waals surface area contributed by atoms with E-state index in [1.165, 1.54) is 0 Å². The second kappa shape index (κ2) is 7.57. The third-order valence-electron chi connectivity index (χ3n) is 2.50. The Bertz CT molecular complexity index is 328. The van der Waals surface area contributed by atoms with Crippen molar-refractivity contribution in [3.05, 3.63) is 29.3 Å². The summed E-state index contributed by atoms with van der Waals surface area (Å²) in [6.45, 7) is 7.43. The molecule has 0 fully saturated rings. The molecule has 0 radical (unpaired) electrons. The van der Waals surface area contributed by atoms with E-state index >= 15 is 0 Å². The van der Waals surface area contributed by atoms with Gasteiger partial charge in [0.05, 0.1) is 11.1 Å². The van der Waals surface area contributed by atoms with Gasteiger partial charge in [-0.05, 0) is 38.4 Å². The highest BCUT2D eigenvalue weighted by molar-refractivity contribution is 6.32. The number of nitrogens with one attached hydrogen (secondary N) is 1. The molecule has 0 bridgehead atoms. The van der Waals surface area contributed by atoms with Gasteiger partial charge < -0.3 is 10.1 Å². The topological polar surface area (TPSA) is 21.3 Å². The van der Waals surface area contributed by atoms with E-state index in [1.807, 2.05) is 24.3 Å². The fourth-order valence-electron chi connectivity index (χ4n) is 1.60. The van der Waals surface area contributed by atoms with Crippen molar-refractivity contribution in [2.45, 2.75) is 45.8 Å². The van der Waals surface area contributed by atoms with Crippen LogP contribution in [-0.2, 0) is 0 Å². The summed E-state index contributed by atoms with van der Waals surface area (Å²) < 4.78 is 5.79. The van der Waals surface area contributed by atoms with Crippen molar-refractivity contribution >= 4 is 11.6 Å². The van der Waals surface area contributed by atoms with Crippen LogP contribution < -0.4 is 10.1 Å². The molecule has 0 spiro atoms. The minimum Gasteiger partial charge on any atom is -0.489 e. The third kappa shape index (κ3) is 5.94. The maximum absolute atomic E-state index is 6.03. The molecule has 0 heterocycles. The molecule has 1 aromatic carbocycles. The molecule has 0 saturated heterocycles. The number of rotatable bonds is 7. The number of halogens is 1. The summed E-state index contributed by atoms with van der Waals surface area (Å²) in [5.41, 5.74) is 0. The normalized spacial score (nSPS) is 12.8. The van der Waals surface area contributed by atoms with Crippen LogP contribution >= 0.6 is 11.6 Å². The molecule has 0 saturated carbocycles. The molecule has 0 aromatic heterocycles. The molecule has 0 amide bonds. The second-order valence-electron chi connectivity index (χ2n) is 4.61. The van der Waals surface area contributed by atoms with Crippen LogP contribution in [0.4, 0.5) is 0 Å². The van der Waals surface area contributed by atoms with Crippen molar-refractivity contribution in [2.24, 2.45) is 0 Å². The van der Waals surface area contributed by atoms with Gasteiger partial charge in [0.1, 0.15) is 5.75 Å². The largest absolute Gasteiger partial charge is 0.489 e. The van der Waals surface area contributed by atoms with E-state index in [1.54, 1.807) is 0 Å². The van der Waals surface area contributed by atoms with E-state index in [-0.39, 0.29) is 6.10 Å². The van der Waals surface area contributed by atoms with Crippen LogP contribution in [-0.4, -0.2) is 18.7 Å². The molecule has 0 aliphatic carbocycles. The van der Waals surface area contributed by atoms with Gasteiger partial charge in [0.15, 0.2) is 0 Å². The molecule has 3 heteroatoms. The predicted octanol–water partition coefficient (Wildman–Crippen LogP) is 3.89. The highest BCUT2D eigenvalue weighted by Gasteiger charge is 2.06. The van der Waals surface area contributed by atoms with Gasteiger partial charge in [-0.3, -0.25) is 0 Å². The van der Waals surface area contributed by atoms with E-state index in [0.29, 0.717) is 11.1 Å². The molecule has 0 aliphatic rings. The van der Waals surface area contributed by atoms with E-state index in [0.717, 1.165) is 25.1 Å². The van der Waals surface area contributed by atoms with E-state index in [9.17, 15) is 0 Å². The average molecular weight is 256 g/mol. The summed E-state index contributed by atoms with van der Waals surface area (Å²) >= 11 is 6.03. The number of para-hydroxylation sites is 1. The van der Waals surface area contributed by atoms with E-state index in [4.69, 9.17) is 16.3 Å². The summed E-state index contributed by atoms with van der Waals surface area (Å²) in [6.07, 6.45) is 2.35. The highest BCUT2D eigenvalue weighted by Crippen LogP contribution is 2.24. The molecule has 2 nitrogen and oxygen atoms in total. The standard InChI is InChI=1S/C14H22ClNO/c1-11(2)16-10-6-7-12(3)17-14-9-5-4-8-13(14)15/h4-5,8-9,11-12,16H,6-7,10H2,1-3H3. The summed E-state index contributed by atoms with van der Waals surface area (Å²) in [5, 5.41) is 4.07. The van der Waals surface area contributed by atoms with Crippen LogP contribution in [0.25, 0.3) is 0 Å². The summed E-state index contributed by atoms with van der Waals surface area (Å²) in [6, 6.07) is 8.16. The molecule has 0 aliphatic heterocycles. The molecular formula is C14H22ClNO. The Kier molecular flexibility index (Phi) is 6.38. The Morgan fingerprint density at radius 2 is 1.94 bits per heavy atom. The van der Waals surface area contributed by atoms with Gasteiger partial charge in [0.25, 0.3) is 0 Å². The van der Waals surface area contributed by atoms with Crippen LogP contribution in [0.3, 0.4) is 0 Å². The molecule has 1 unspecified atom stereocenters. The number of benzene rings is 1. The van der Waals surface area contributed by atoms with Gasteiger partial charge in [-0.15, -0.1) is 0 Å². The van der Waals surface area contributed by atoms with Crippen molar-refractivity contribution in [2.75, 3.05) is 6.54 Å². The van der Waals surface area contributed by atoms with Crippen LogP contribution in [0.2, 0.25) is 5.02 Å². The van der Waals surface area contributed by atoms with E-state index < -0.39 is 0 Å². The van der Waals surface area contributed by atoms with Gasteiger partial charge in [-0.25, -0.2) is 0 Å². The number of ether oxygens (including phenoxy) is 1. The smallest absolute Gasteiger partial charge is 0.138 e. The van der Waals surface area contributed by atoms with Gasteiger partial charge in [0.2, 0.25) is 0 Å². The fraction of sp³-hybridized carbons (Fsp3) is 0.571. The molecule has 1 rings (SSSR count). The van der Waals surface area contributed by atoms with Crippen molar-refractivity contribution < 1.29 is 4.74 Å². The molecule has 1 atom stereocenters. The quantitative estimate of drug-likeness (QED) is 0.747. The monoisotopic (exact) mass is 255 g/mol. The maximum atomic E-state index is 6.03. The molecule has 96 valence electrons. The number of hydrogen-bond acceptors (Lipinski definition) is 2. The molecular weight excluding hydrogens is 234 g/mol. The Balaban J connectivity index is 2.25. The summed E-state index contributed by atoms with van der Waals surface area (Å²) in [5.74, 6) is 0.776. The van der Waals surface area contributed by atoms with Crippen LogP contribution in [0, 0.1) is 0 Å². The zero-order valence-electron chi connectivity index (χ0n) is 10.9. The Morgan fingerprint density at radius 3 is 2.59 bits per heavy atom. The van der Waals surface area contributed by atoms with Crippen molar-refractivity contribution in [1.29, 1.82) is 0 Å². The first-order valence-electron chi connectivity index (χ1n) is 6.24. The van der Waals surface area contributed by atoms with Gasteiger partial charge >= 0.3 is 0 Å². The van der Waals surface area contributed by atoms with Gasteiger partial charge in [0, 0.05) is 6.04 Å². The third-order valence-corrected chi connectivity index (χ3v) is 2.82. The first-order valence-corrected chi connectivity index (χ1v) is 6.62. The fourth-order valence-corrected chi connectivity index (χ4v) is 1.78. The minimum absolute atomic E-state index is 0.198. The zero-order chi connectivity index (χ0) is 12.7. The number of hydrogen-bond donors (Lipinski definition) is 1. The minimum atomic E-state index is 0.198. The second-order valence-corrected chi connectivity index (χ2v) is 5.02. The maximum Gasteiger partial charge on any atom is 0.138 e. The lowest BCUT2D eigenvalue weighted by Crippen LogP contribution is -2.25. The lowest BCUT2D eigenvalue weighted by Gasteiger charge is -2.16. The lowest BCUT2D eigenvalue weighted by atomic mass is 10.2. The Morgan fingerprint density at radius 1 is 1.24 bits per heavy atom. The lowest BCUT2D eigenvalue weighted by molar-refractivity contribution is 0.207. The Hall–Kier alpha value is -0.730. The van der Waals surface area contributed by atoms with Crippen molar-refractivity contribution in [1.82, 2.24) is 5.32 Å². The van der Waals surface area contributed by atoms with Crippen LogP contribution in [0.1, 0.15) is 33.6 Å². The van der Waals surface area contributed by atoms with Crippen LogP contribution in [0.5, 0.6) is 5.75 Å². The predicted molar refractivity (Wildman–Crippen MR) is 73.9 cm³/mol. The summed E-state index contributed by atoms with van der Waals surface area (Å²) in [7, 11) is 0. The highest BCUT2D eigenvalue weighted by atomic mass is 35.5. The van der Waals surface area contributed by atoms with Crippen molar-refractivity contribution in [3.8, 4) is 5.75 Å². The molecule has 1 aromatic rings. The Labute approximate surface area is 109 Å². The molecule has 17 heavy (non-hydrogen) atoms. The SMILES string of the molecule is CC(C)NCCCC(C)Oc1ccccc1Cl. The van der Waals surface area contributed by atoms with Crippen LogP contribution in [0.15, 0.2) is 24.3 Å². The average Bonchev–Trinajstić information content (AvgIpc) is 2.27. The first kappa shape index (κ1) is 14.3. The van der Waals surface area contributed by atoms with Gasteiger partial charge in [-0.2, -0.15) is 0 Å².